The molecule has 2 aliphatic rings. The Labute approximate surface area is 164 Å². The van der Waals surface area contributed by atoms with Crippen LogP contribution in [0.3, 0.4) is 0 Å². The Morgan fingerprint density at radius 1 is 1.07 bits per heavy atom. The molecule has 1 fully saturated rings. The highest BCUT2D eigenvalue weighted by atomic mass is 16.5. The Morgan fingerprint density at radius 3 is 2.64 bits per heavy atom. The van der Waals surface area contributed by atoms with Crippen LogP contribution < -0.4 is 15.4 Å². The SMILES string of the molecule is CC1(C)C=C2NC(=O)N[C@H](c3cccc(OCc4ccccc4)c3)[C@H]2C(=O)C1. The fourth-order valence-electron chi connectivity index (χ4n) is 3.98. The van der Waals surface area contributed by atoms with E-state index < -0.39 is 12.0 Å². The number of carbonyl (C=O) groups is 2. The number of carbonyl (C=O) groups excluding carboxylic acids is 2. The van der Waals surface area contributed by atoms with Gasteiger partial charge in [0.15, 0.2) is 0 Å². The number of ether oxygens (including phenoxy) is 1. The van der Waals surface area contributed by atoms with Gasteiger partial charge >= 0.3 is 6.03 Å². The molecule has 0 radical (unpaired) electrons. The Hall–Kier alpha value is -3.08. The number of fused-ring (bicyclic) bond motifs is 1. The summed E-state index contributed by atoms with van der Waals surface area (Å²) in [5, 5.41) is 5.75. The normalized spacial score (nSPS) is 23.1. The lowest BCUT2D eigenvalue weighted by Gasteiger charge is -2.40. The number of Topliss-reactive ketones (excluding diaryl/α,β-unsaturated/α-hetero) is 1. The Kier molecular flexibility index (Phi) is 4.67. The van der Waals surface area contributed by atoms with Crippen molar-refractivity contribution in [2.24, 2.45) is 11.3 Å². The summed E-state index contributed by atoms with van der Waals surface area (Å²) >= 11 is 0. The third-order valence-corrected chi connectivity index (χ3v) is 5.20. The number of amides is 2. The molecule has 4 rings (SSSR count). The van der Waals surface area contributed by atoms with Gasteiger partial charge in [0.25, 0.3) is 0 Å². The lowest BCUT2D eigenvalue weighted by Crippen LogP contribution is -2.53. The number of rotatable bonds is 4. The molecule has 0 aromatic heterocycles. The second-order valence-electron chi connectivity index (χ2n) is 8.13. The molecule has 5 nitrogen and oxygen atoms in total. The van der Waals surface area contributed by atoms with E-state index in [9.17, 15) is 9.59 Å². The van der Waals surface area contributed by atoms with Gasteiger partial charge in [0.2, 0.25) is 0 Å². The summed E-state index contributed by atoms with van der Waals surface area (Å²) in [5.74, 6) is 0.453. The van der Waals surface area contributed by atoms with Crippen molar-refractivity contribution in [3.05, 3.63) is 77.5 Å². The molecule has 2 aromatic rings. The summed E-state index contributed by atoms with van der Waals surface area (Å²) < 4.78 is 5.92. The molecular formula is C23H24N2O3. The molecule has 1 aliphatic heterocycles. The molecular weight excluding hydrogens is 352 g/mol. The minimum absolute atomic E-state index is 0.135. The molecule has 2 atom stereocenters. The molecule has 1 saturated heterocycles. The van der Waals surface area contributed by atoms with Gasteiger partial charge in [-0.3, -0.25) is 4.79 Å². The van der Waals surface area contributed by atoms with Crippen molar-refractivity contribution in [3.8, 4) is 5.75 Å². The lowest BCUT2D eigenvalue weighted by molar-refractivity contribution is -0.125. The smallest absolute Gasteiger partial charge is 0.319 e. The maximum Gasteiger partial charge on any atom is 0.319 e. The van der Waals surface area contributed by atoms with Crippen LogP contribution >= 0.6 is 0 Å². The van der Waals surface area contributed by atoms with Gasteiger partial charge in [0.05, 0.1) is 12.0 Å². The summed E-state index contributed by atoms with van der Waals surface area (Å²) in [6.45, 7) is 4.48. The second-order valence-corrected chi connectivity index (χ2v) is 8.13. The van der Waals surface area contributed by atoms with Crippen LogP contribution in [0.15, 0.2) is 66.4 Å². The van der Waals surface area contributed by atoms with Gasteiger partial charge in [-0.25, -0.2) is 4.79 Å². The molecule has 0 spiro atoms. The van der Waals surface area contributed by atoms with E-state index in [1.807, 2.05) is 74.5 Å². The third kappa shape index (κ3) is 3.79. The zero-order valence-corrected chi connectivity index (χ0v) is 16.1. The second kappa shape index (κ2) is 7.15. The van der Waals surface area contributed by atoms with Crippen LogP contribution in [-0.2, 0) is 11.4 Å². The number of urea groups is 1. The third-order valence-electron chi connectivity index (χ3n) is 5.20. The van der Waals surface area contributed by atoms with E-state index in [-0.39, 0.29) is 17.2 Å². The molecule has 2 amide bonds. The first-order chi connectivity index (χ1) is 13.4. The van der Waals surface area contributed by atoms with Crippen LogP contribution in [-0.4, -0.2) is 11.8 Å². The van der Waals surface area contributed by atoms with Crippen LogP contribution in [0, 0.1) is 11.3 Å². The Morgan fingerprint density at radius 2 is 1.86 bits per heavy atom. The Bertz CT molecular complexity index is 934. The summed E-state index contributed by atoms with van der Waals surface area (Å²) in [6, 6.07) is 16.9. The first-order valence-corrected chi connectivity index (χ1v) is 9.51. The maximum absolute atomic E-state index is 12.9. The maximum atomic E-state index is 12.9. The highest BCUT2D eigenvalue weighted by molar-refractivity contribution is 5.91. The highest BCUT2D eigenvalue weighted by Gasteiger charge is 2.43. The Balaban J connectivity index is 1.59. The van der Waals surface area contributed by atoms with Crippen molar-refractivity contribution in [2.75, 3.05) is 0 Å². The molecule has 5 heteroatoms. The fourth-order valence-corrected chi connectivity index (χ4v) is 3.98. The van der Waals surface area contributed by atoms with Crippen molar-refractivity contribution < 1.29 is 14.3 Å². The molecule has 2 aromatic carbocycles. The first-order valence-electron chi connectivity index (χ1n) is 9.51. The monoisotopic (exact) mass is 376 g/mol. The molecule has 0 saturated carbocycles. The van der Waals surface area contributed by atoms with Crippen molar-refractivity contribution in [2.45, 2.75) is 32.9 Å². The van der Waals surface area contributed by atoms with Crippen molar-refractivity contribution in [1.82, 2.24) is 10.6 Å². The number of ketones is 1. The molecule has 0 unspecified atom stereocenters. The quantitative estimate of drug-likeness (QED) is 0.843. The number of allylic oxidation sites excluding steroid dienone is 1. The molecule has 1 heterocycles. The minimum Gasteiger partial charge on any atom is -0.489 e. The van der Waals surface area contributed by atoms with Crippen LogP contribution in [0.4, 0.5) is 4.79 Å². The summed E-state index contributed by atoms with van der Waals surface area (Å²) in [5.41, 5.74) is 2.39. The van der Waals surface area contributed by atoms with Crippen molar-refractivity contribution in [3.63, 3.8) is 0 Å². The molecule has 144 valence electrons. The van der Waals surface area contributed by atoms with Crippen LogP contribution in [0.2, 0.25) is 0 Å². The number of hydrogen-bond donors (Lipinski definition) is 2. The van der Waals surface area contributed by atoms with Crippen molar-refractivity contribution in [1.29, 1.82) is 0 Å². The standard InChI is InChI=1S/C23H24N2O3/c1-23(2)12-18-20(19(26)13-23)21(25-22(27)24-18)16-9-6-10-17(11-16)28-14-15-7-4-3-5-8-15/h3-12,20-21H,13-14H2,1-2H3,(H2,24,25,27)/t20-,21-/m1/s1. The van der Waals surface area contributed by atoms with Crippen LogP contribution in [0.5, 0.6) is 5.75 Å². The summed E-state index contributed by atoms with van der Waals surface area (Å²) in [6.07, 6.45) is 2.47. The largest absolute Gasteiger partial charge is 0.489 e. The van der Waals surface area contributed by atoms with Gasteiger partial charge in [-0.2, -0.15) is 0 Å². The van der Waals surface area contributed by atoms with E-state index >= 15 is 0 Å². The predicted octanol–water partition coefficient (Wildman–Crippen LogP) is 4.12. The van der Waals surface area contributed by atoms with E-state index in [1.54, 1.807) is 0 Å². The number of benzene rings is 2. The van der Waals surface area contributed by atoms with Crippen molar-refractivity contribution >= 4 is 11.8 Å². The molecule has 2 N–H and O–H groups in total. The zero-order chi connectivity index (χ0) is 19.7. The minimum atomic E-state index is -0.399. The highest BCUT2D eigenvalue weighted by Crippen LogP contribution is 2.41. The molecule has 0 bridgehead atoms. The number of hydrogen-bond acceptors (Lipinski definition) is 3. The van der Waals surface area contributed by atoms with Gasteiger partial charge in [-0.05, 0) is 28.7 Å². The van der Waals surface area contributed by atoms with E-state index in [1.165, 1.54) is 0 Å². The lowest BCUT2D eigenvalue weighted by atomic mass is 9.72. The van der Waals surface area contributed by atoms with Gasteiger partial charge in [0.1, 0.15) is 18.1 Å². The van der Waals surface area contributed by atoms with Crippen LogP contribution in [0.25, 0.3) is 0 Å². The van der Waals surface area contributed by atoms with E-state index in [4.69, 9.17) is 4.74 Å². The summed E-state index contributed by atoms with van der Waals surface area (Å²) in [7, 11) is 0. The zero-order valence-electron chi connectivity index (χ0n) is 16.1. The average Bonchev–Trinajstić information content (AvgIpc) is 2.65. The van der Waals surface area contributed by atoms with Gasteiger partial charge in [-0.15, -0.1) is 0 Å². The first kappa shape index (κ1) is 18.3. The predicted molar refractivity (Wildman–Crippen MR) is 107 cm³/mol. The van der Waals surface area contributed by atoms with E-state index in [0.29, 0.717) is 24.5 Å². The summed E-state index contributed by atoms with van der Waals surface area (Å²) in [4.78, 5) is 25.1. The van der Waals surface area contributed by atoms with Crippen LogP contribution in [0.1, 0.15) is 37.4 Å². The van der Waals surface area contributed by atoms with E-state index in [2.05, 4.69) is 10.6 Å². The number of nitrogens with one attached hydrogen (secondary N) is 2. The van der Waals surface area contributed by atoms with Gasteiger partial charge < -0.3 is 15.4 Å². The van der Waals surface area contributed by atoms with Gasteiger partial charge in [-0.1, -0.05) is 62.4 Å². The topological polar surface area (TPSA) is 67.4 Å². The molecule has 1 aliphatic carbocycles. The van der Waals surface area contributed by atoms with E-state index in [0.717, 1.165) is 11.1 Å². The average molecular weight is 376 g/mol. The molecule has 28 heavy (non-hydrogen) atoms. The van der Waals surface area contributed by atoms with Gasteiger partial charge in [0, 0.05) is 12.1 Å². The fraction of sp³-hybridized carbons (Fsp3) is 0.304.